The molecule has 1 aromatic carbocycles. The Labute approximate surface area is 149 Å². The highest BCUT2D eigenvalue weighted by Gasteiger charge is 2.23. The molecule has 0 heterocycles. The Morgan fingerprint density at radius 2 is 1.88 bits per heavy atom. The number of aryl methyl sites for hydroxylation is 1. The summed E-state index contributed by atoms with van der Waals surface area (Å²) in [4.78, 5) is 11.1. The zero-order valence-electron chi connectivity index (χ0n) is 15.2. The van der Waals surface area contributed by atoms with Gasteiger partial charge in [0.2, 0.25) is 0 Å². The molecule has 1 N–H and O–H groups in total. The van der Waals surface area contributed by atoms with Crippen molar-refractivity contribution in [2.45, 2.75) is 44.4 Å². The van der Waals surface area contributed by atoms with E-state index in [2.05, 4.69) is 6.58 Å². The zero-order chi connectivity index (χ0) is 19.3. The summed E-state index contributed by atoms with van der Waals surface area (Å²) in [5, 5.41) is 0. The quantitative estimate of drug-likeness (QED) is 0.311. The Hall–Kier alpha value is -1.70. The molecule has 140 valence electrons. The summed E-state index contributed by atoms with van der Waals surface area (Å²) in [6.07, 6.45) is 0.702. The predicted molar refractivity (Wildman–Crippen MR) is 95.2 cm³/mol. The van der Waals surface area contributed by atoms with E-state index in [1.807, 2.05) is 20.8 Å². The van der Waals surface area contributed by atoms with Crippen molar-refractivity contribution in [2.75, 3.05) is 19.8 Å². The van der Waals surface area contributed by atoms with Gasteiger partial charge in [0, 0.05) is 12.2 Å². The van der Waals surface area contributed by atoms with Crippen LogP contribution in [0.25, 0.3) is 0 Å². The van der Waals surface area contributed by atoms with Crippen molar-refractivity contribution < 1.29 is 27.2 Å². The smallest absolute Gasteiger partial charge is 0.333 e. The standard InChI is InChI=1S/C18H26O6S/c1-13(2)17(19)24-11-10-23-9-8-18(4,5)16-7-6-15(12-14(16)3)25(20,21)22/h6-7,12H,1,8-11H2,2-5H3,(H,20,21,22). The van der Waals surface area contributed by atoms with Crippen molar-refractivity contribution in [1.82, 2.24) is 0 Å². The highest BCUT2D eigenvalue weighted by atomic mass is 32.2. The molecule has 0 aliphatic rings. The van der Waals surface area contributed by atoms with Crippen molar-refractivity contribution in [3.8, 4) is 0 Å². The average Bonchev–Trinajstić information content (AvgIpc) is 2.49. The van der Waals surface area contributed by atoms with Crippen LogP contribution in [0.5, 0.6) is 0 Å². The third kappa shape index (κ3) is 6.61. The van der Waals surface area contributed by atoms with Crippen LogP contribution in [-0.4, -0.2) is 38.8 Å². The largest absolute Gasteiger partial charge is 0.460 e. The second-order valence-electron chi connectivity index (χ2n) is 6.61. The fourth-order valence-corrected chi connectivity index (χ4v) is 3.00. The van der Waals surface area contributed by atoms with Crippen molar-refractivity contribution in [1.29, 1.82) is 0 Å². The lowest BCUT2D eigenvalue weighted by atomic mass is 9.79. The Bertz CT molecular complexity index is 734. The van der Waals surface area contributed by atoms with Crippen LogP contribution in [0, 0.1) is 6.92 Å². The molecule has 6 nitrogen and oxygen atoms in total. The SMILES string of the molecule is C=C(C)C(=O)OCCOCCC(C)(C)c1ccc(S(=O)(=O)O)cc1C. The molecule has 0 radical (unpaired) electrons. The lowest BCUT2D eigenvalue weighted by Crippen LogP contribution is -2.22. The number of ether oxygens (including phenoxy) is 2. The molecule has 25 heavy (non-hydrogen) atoms. The van der Waals surface area contributed by atoms with Gasteiger partial charge >= 0.3 is 5.97 Å². The third-order valence-electron chi connectivity index (χ3n) is 3.91. The Morgan fingerprint density at radius 1 is 1.24 bits per heavy atom. The molecule has 0 aromatic heterocycles. The summed E-state index contributed by atoms with van der Waals surface area (Å²) >= 11 is 0. The molecule has 0 amide bonds. The molecule has 0 aliphatic heterocycles. The van der Waals surface area contributed by atoms with Crippen LogP contribution in [0.15, 0.2) is 35.2 Å². The first kappa shape index (κ1) is 21.3. The Morgan fingerprint density at radius 3 is 2.40 bits per heavy atom. The fourth-order valence-electron chi connectivity index (χ4n) is 2.44. The van der Waals surface area contributed by atoms with Gasteiger partial charge in [0.25, 0.3) is 10.1 Å². The predicted octanol–water partition coefficient (Wildman–Crippen LogP) is 3.05. The van der Waals surface area contributed by atoms with E-state index in [-0.39, 0.29) is 16.9 Å². The first-order chi connectivity index (χ1) is 11.4. The number of hydrogen-bond donors (Lipinski definition) is 1. The van der Waals surface area contributed by atoms with E-state index in [1.54, 1.807) is 13.0 Å². The summed E-state index contributed by atoms with van der Waals surface area (Å²) < 4.78 is 42.0. The molecule has 0 atom stereocenters. The van der Waals surface area contributed by atoms with Crippen molar-refractivity contribution in [3.63, 3.8) is 0 Å². The molecule has 0 unspecified atom stereocenters. The molecular weight excluding hydrogens is 344 g/mol. The molecule has 0 saturated carbocycles. The van der Waals surface area contributed by atoms with E-state index >= 15 is 0 Å². The highest BCUT2D eigenvalue weighted by Crippen LogP contribution is 2.31. The van der Waals surface area contributed by atoms with E-state index in [0.717, 1.165) is 11.1 Å². The number of esters is 1. The zero-order valence-corrected chi connectivity index (χ0v) is 16.0. The number of carbonyl (C=O) groups excluding carboxylic acids is 1. The maximum atomic E-state index is 11.2. The van der Waals surface area contributed by atoms with Crippen LogP contribution < -0.4 is 0 Å². The summed E-state index contributed by atoms with van der Waals surface area (Å²) in [6.45, 7) is 11.9. The van der Waals surface area contributed by atoms with Crippen molar-refractivity contribution in [2.24, 2.45) is 0 Å². The molecule has 0 aliphatic carbocycles. The number of hydrogen-bond acceptors (Lipinski definition) is 5. The monoisotopic (exact) mass is 370 g/mol. The summed E-state index contributed by atoms with van der Waals surface area (Å²) in [7, 11) is -4.20. The average molecular weight is 370 g/mol. The van der Waals surface area contributed by atoms with Crippen LogP contribution in [0.2, 0.25) is 0 Å². The second kappa shape index (κ2) is 8.60. The highest BCUT2D eigenvalue weighted by molar-refractivity contribution is 7.85. The maximum Gasteiger partial charge on any atom is 0.333 e. The van der Waals surface area contributed by atoms with Gasteiger partial charge in [-0.25, -0.2) is 4.79 Å². The fraction of sp³-hybridized carbons (Fsp3) is 0.500. The van der Waals surface area contributed by atoms with Gasteiger partial charge < -0.3 is 9.47 Å². The molecule has 0 fully saturated rings. The second-order valence-corrected chi connectivity index (χ2v) is 8.04. The molecule has 7 heteroatoms. The molecule has 0 saturated heterocycles. The van der Waals surface area contributed by atoms with Crippen molar-refractivity contribution >= 4 is 16.1 Å². The van der Waals surface area contributed by atoms with E-state index in [1.165, 1.54) is 12.1 Å². The van der Waals surface area contributed by atoms with Gasteiger partial charge in [0.05, 0.1) is 11.5 Å². The van der Waals surface area contributed by atoms with Crippen LogP contribution in [0.3, 0.4) is 0 Å². The summed E-state index contributed by atoms with van der Waals surface area (Å²) in [6, 6.07) is 4.58. The van der Waals surface area contributed by atoms with Crippen LogP contribution in [0.1, 0.15) is 38.3 Å². The first-order valence-corrected chi connectivity index (χ1v) is 9.38. The minimum absolute atomic E-state index is 0.111. The molecule has 0 spiro atoms. The lowest BCUT2D eigenvalue weighted by molar-refractivity contribution is -0.140. The minimum atomic E-state index is -4.20. The maximum absolute atomic E-state index is 11.2. The van der Waals surface area contributed by atoms with Gasteiger partial charge in [-0.3, -0.25) is 4.55 Å². The minimum Gasteiger partial charge on any atom is -0.460 e. The molecule has 1 aromatic rings. The molecule has 0 bridgehead atoms. The van der Waals surface area contributed by atoms with Gasteiger partial charge in [-0.15, -0.1) is 0 Å². The van der Waals surface area contributed by atoms with Gasteiger partial charge in [0.1, 0.15) is 6.61 Å². The number of benzene rings is 1. The van der Waals surface area contributed by atoms with Crippen LogP contribution in [0.4, 0.5) is 0 Å². The van der Waals surface area contributed by atoms with E-state index in [9.17, 15) is 13.2 Å². The number of carbonyl (C=O) groups is 1. The Balaban J connectivity index is 2.56. The van der Waals surface area contributed by atoms with E-state index in [0.29, 0.717) is 25.2 Å². The van der Waals surface area contributed by atoms with Crippen LogP contribution in [-0.2, 0) is 29.8 Å². The van der Waals surface area contributed by atoms with E-state index < -0.39 is 16.1 Å². The van der Waals surface area contributed by atoms with Gasteiger partial charge in [-0.1, -0.05) is 26.5 Å². The normalized spacial score (nSPS) is 12.0. The van der Waals surface area contributed by atoms with Crippen molar-refractivity contribution in [3.05, 3.63) is 41.5 Å². The summed E-state index contributed by atoms with van der Waals surface area (Å²) in [5.74, 6) is -0.432. The van der Waals surface area contributed by atoms with E-state index in [4.69, 9.17) is 14.0 Å². The van der Waals surface area contributed by atoms with Gasteiger partial charge in [0.15, 0.2) is 0 Å². The summed E-state index contributed by atoms with van der Waals surface area (Å²) in [5.41, 5.74) is 1.88. The molecular formula is C18H26O6S. The topological polar surface area (TPSA) is 89.9 Å². The Kier molecular flexibility index (Phi) is 7.34. The first-order valence-electron chi connectivity index (χ1n) is 7.94. The lowest BCUT2D eigenvalue weighted by Gasteiger charge is -2.27. The third-order valence-corrected chi connectivity index (χ3v) is 4.76. The number of rotatable bonds is 9. The van der Waals surface area contributed by atoms with Crippen LogP contribution >= 0.6 is 0 Å². The van der Waals surface area contributed by atoms with Gasteiger partial charge in [-0.05, 0) is 48.9 Å². The molecule has 1 rings (SSSR count). The van der Waals surface area contributed by atoms with Gasteiger partial charge in [-0.2, -0.15) is 8.42 Å².